The first-order valence-electron chi connectivity index (χ1n) is 8.89. The lowest BCUT2D eigenvalue weighted by molar-refractivity contribution is -0.125. The largest absolute Gasteiger partial charge is 0.489 e. The molecule has 0 aliphatic carbocycles. The van der Waals surface area contributed by atoms with E-state index in [0.717, 1.165) is 17.3 Å². The molecule has 0 spiro atoms. The predicted octanol–water partition coefficient (Wildman–Crippen LogP) is 3.56. The van der Waals surface area contributed by atoms with Crippen molar-refractivity contribution in [2.24, 2.45) is 0 Å². The second kappa shape index (κ2) is 9.42. The molecule has 0 atom stereocenters. The third kappa shape index (κ3) is 5.47. The van der Waals surface area contributed by atoms with Crippen molar-refractivity contribution >= 4 is 34.6 Å². The van der Waals surface area contributed by atoms with Gasteiger partial charge in [0, 0.05) is 12.7 Å². The molecule has 1 aliphatic heterocycles. The summed E-state index contributed by atoms with van der Waals surface area (Å²) in [5.74, 6) is -0.322. The number of amides is 4. The zero-order valence-corrected chi connectivity index (χ0v) is 16.6. The van der Waals surface area contributed by atoms with Gasteiger partial charge < -0.3 is 15.0 Å². The minimum atomic E-state index is -0.449. The number of para-hydroxylation sites is 1. The van der Waals surface area contributed by atoms with Crippen LogP contribution < -0.4 is 10.1 Å². The van der Waals surface area contributed by atoms with Crippen molar-refractivity contribution in [3.63, 3.8) is 0 Å². The van der Waals surface area contributed by atoms with Gasteiger partial charge in [-0.05, 0) is 29.8 Å². The number of thioether (sulfide) groups is 1. The summed E-state index contributed by atoms with van der Waals surface area (Å²) in [4.78, 5) is 38.2. The van der Waals surface area contributed by atoms with Crippen LogP contribution in [-0.4, -0.2) is 52.9 Å². The number of anilines is 1. The third-order valence-electron chi connectivity index (χ3n) is 4.25. The van der Waals surface area contributed by atoms with Crippen LogP contribution in [0.25, 0.3) is 0 Å². The lowest BCUT2D eigenvalue weighted by atomic mass is 10.2. The monoisotopic (exact) mass is 417 g/mol. The summed E-state index contributed by atoms with van der Waals surface area (Å²) < 4.78 is 18.9. The van der Waals surface area contributed by atoms with Crippen molar-refractivity contribution in [1.29, 1.82) is 0 Å². The van der Waals surface area contributed by atoms with Crippen molar-refractivity contribution in [2.75, 3.05) is 31.3 Å². The van der Waals surface area contributed by atoms with Crippen molar-refractivity contribution in [1.82, 2.24) is 9.80 Å². The van der Waals surface area contributed by atoms with Gasteiger partial charge in [0.15, 0.2) is 11.6 Å². The van der Waals surface area contributed by atoms with E-state index in [1.807, 2.05) is 0 Å². The zero-order valence-electron chi connectivity index (χ0n) is 15.8. The summed E-state index contributed by atoms with van der Waals surface area (Å²) in [6.07, 6.45) is 0. The third-order valence-corrected chi connectivity index (χ3v) is 5.11. The van der Waals surface area contributed by atoms with Gasteiger partial charge in [-0.2, -0.15) is 0 Å². The molecule has 152 valence electrons. The molecule has 7 nitrogen and oxygen atoms in total. The van der Waals surface area contributed by atoms with Crippen molar-refractivity contribution in [2.45, 2.75) is 6.54 Å². The smallest absolute Gasteiger partial charge is 0.321 e. The van der Waals surface area contributed by atoms with E-state index in [9.17, 15) is 18.8 Å². The Morgan fingerprint density at radius 1 is 1.21 bits per heavy atom. The zero-order chi connectivity index (χ0) is 20.8. The highest BCUT2D eigenvalue weighted by atomic mass is 32.2. The molecule has 3 rings (SSSR count). The highest BCUT2D eigenvalue weighted by Crippen LogP contribution is 2.22. The lowest BCUT2D eigenvalue weighted by Crippen LogP contribution is -2.34. The Hall–Kier alpha value is -3.07. The number of carbonyl (C=O) groups is 3. The van der Waals surface area contributed by atoms with Crippen LogP contribution >= 0.6 is 11.8 Å². The van der Waals surface area contributed by atoms with Gasteiger partial charge in [-0.25, -0.2) is 9.18 Å². The summed E-state index contributed by atoms with van der Waals surface area (Å²) >= 11 is 0.997. The molecule has 1 heterocycles. The first-order chi connectivity index (χ1) is 13.9. The normalized spacial score (nSPS) is 13.5. The van der Waals surface area contributed by atoms with Gasteiger partial charge in [0.25, 0.3) is 5.24 Å². The Kier molecular flexibility index (Phi) is 6.71. The highest BCUT2D eigenvalue weighted by Gasteiger charge is 2.29. The summed E-state index contributed by atoms with van der Waals surface area (Å²) in [5.41, 5.74) is 1.37. The number of hydrogen-bond acceptors (Lipinski definition) is 5. The molecule has 29 heavy (non-hydrogen) atoms. The molecule has 0 bridgehead atoms. The Morgan fingerprint density at radius 3 is 2.59 bits per heavy atom. The number of imide groups is 1. The molecular formula is C20H20FN3O4S. The molecule has 0 radical (unpaired) electrons. The first-order valence-corrected chi connectivity index (χ1v) is 9.88. The Balaban J connectivity index is 1.46. The number of ether oxygens (including phenoxy) is 1. The SMILES string of the molecule is CN(CCOc1ccccc1F)C(=O)Nc1ccc(CN2C(=O)CSC2=O)cc1. The van der Waals surface area contributed by atoms with E-state index >= 15 is 0 Å². The molecule has 0 saturated carbocycles. The number of likely N-dealkylation sites (N-methyl/N-ethyl adjacent to an activating group) is 1. The predicted molar refractivity (Wildman–Crippen MR) is 108 cm³/mol. The number of rotatable bonds is 7. The average Bonchev–Trinajstić information content (AvgIpc) is 3.02. The lowest BCUT2D eigenvalue weighted by Gasteiger charge is -2.18. The molecule has 0 unspecified atom stereocenters. The first kappa shape index (κ1) is 20.7. The molecular weight excluding hydrogens is 397 g/mol. The standard InChI is InChI=1S/C20H20FN3O4S/c1-23(10-11-28-17-5-3-2-4-16(17)21)19(26)22-15-8-6-14(7-9-15)12-24-18(25)13-29-20(24)27/h2-9H,10-13H2,1H3,(H,22,26). The van der Waals surface area contributed by atoms with Gasteiger partial charge >= 0.3 is 6.03 Å². The van der Waals surface area contributed by atoms with Crippen LogP contribution in [0.5, 0.6) is 5.75 Å². The number of benzene rings is 2. The molecule has 2 aromatic carbocycles. The maximum Gasteiger partial charge on any atom is 0.321 e. The molecule has 9 heteroatoms. The summed E-state index contributed by atoms with van der Waals surface area (Å²) in [6, 6.07) is 12.7. The van der Waals surface area contributed by atoms with E-state index in [0.29, 0.717) is 5.69 Å². The molecule has 1 aliphatic rings. The van der Waals surface area contributed by atoms with Gasteiger partial charge in [0.05, 0.1) is 18.8 Å². The quantitative estimate of drug-likeness (QED) is 0.745. The van der Waals surface area contributed by atoms with E-state index < -0.39 is 5.82 Å². The van der Waals surface area contributed by atoms with Crippen molar-refractivity contribution < 1.29 is 23.5 Å². The van der Waals surface area contributed by atoms with E-state index in [1.54, 1.807) is 43.4 Å². The van der Waals surface area contributed by atoms with Crippen molar-refractivity contribution in [3.05, 3.63) is 59.9 Å². The number of hydrogen-bond donors (Lipinski definition) is 1. The van der Waals surface area contributed by atoms with Gasteiger partial charge in [-0.15, -0.1) is 0 Å². The fourth-order valence-electron chi connectivity index (χ4n) is 2.58. The van der Waals surface area contributed by atoms with E-state index in [2.05, 4.69) is 5.32 Å². The number of nitrogens with zero attached hydrogens (tertiary/aromatic N) is 2. The highest BCUT2D eigenvalue weighted by molar-refractivity contribution is 8.14. The van der Waals surface area contributed by atoms with Crippen LogP contribution in [0, 0.1) is 5.82 Å². The van der Waals surface area contributed by atoms with E-state index in [1.165, 1.54) is 21.9 Å². The molecule has 1 N–H and O–H groups in total. The number of nitrogens with one attached hydrogen (secondary N) is 1. The van der Waals surface area contributed by atoms with Crippen LogP contribution in [0.15, 0.2) is 48.5 Å². The molecule has 1 fully saturated rings. The van der Waals surface area contributed by atoms with E-state index in [-0.39, 0.29) is 48.4 Å². The number of carbonyl (C=O) groups excluding carboxylic acids is 3. The van der Waals surface area contributed by atoms with Gasteiger partial charge in [-0.3, -0.25) is 14.5 Å². The molecule has 2 aromatic rings. The van der Waals surface area contributed by atoms with Gasteiger partial charge in [0.2, 0.25) is 5.91 Å². The summed E-state index contributed by atoms with van der Waals surface area (Å²) in [6.45, 7) is 0.640. The van der Waals surface area contributed by atoms with Crippen LogP contribution in [0.2, 0.25) is 0 Å². The molecule has 1 saturated heterocycles. The van der Waals surface area contributed by atoms with Gasteiger partial charge in [0.1, 0.15) is 6.61 Å². The fraction of sp³-hybridized carbons (Fsp3) is 0.250. The maximum absolute atomic E-state index is 13.5. The fourth-order valence-corrected chi connectivity index (χ4v) is 3.31. The van der Waals surface area contributed by atoms with Crippen LogP contribution in [0.1, 0.15) is 5.56 Å². The Morgan fingerprint density at radius 2 is 1.93 bits per heavy atom. The minimum Gasteiger partial charge on any atom is -0.489 e. The Labute approximate surface area is 171 Å². The van der Waals surface area contributed by atoms with Crippen LogP contribution in [0.4, 0.5) is 19.7 Å². The number of urea groups is 1. The topological polar surface area (TPSA) is 79.0 Å². The summed E-state index contributed by atoms with van der Waals surface area (Å²) in [5, 5.41) is 2.50. The van der Waals surface area contributed by atoms with Gasteiger partial charge in [-0.1, -0.05) is 36.0 Å². The Bertz CT molecular complexity index is 891. The number of halogens is 1. The maximum atomic E-state index is 13.5. The average molecular weight is 417 g/mol. The van der Waals surface area contributed by atoms with E-state index in [4.69, 9.17) is 4.74 Å². The second-order valence-electron chi connectivity index (χ2n) is 6.36. The van der Waals surface area contributed by atoms with Crippen LogP contribution in [-0.2, 0) is 11.3 Å². The summed E-state index contributed by atoms with van der Waals surface area (Å²) in [7, 11) is 1.61. The molecule has 4 amide bonds. The second-order valence-corrected chi connectivity index (χ2v) is 7.29. The van der Waals surface area contributed by atoms with Crippen LogP contribution in [0.3, 0.4) is 0 Å². The molecule has 0 aromatic heterocycles. The minimum absolute atomic E-state index is 0.144. The van der Waals surface area contributed by atoms with Crippen molar-refractivity contribution in [3.8, 4) is 5.75 Å².